The molecule has 8 heteroatoms. The van der Waals surface area contributed by atoms with Gasteiger partial charge in [-0.05, 0) is 62.1 Å². The minimum atomic E-state index is -0.280. The second-order valence-corrected chi connectivity index (χ2v) is 9.31. The van der Waals surface area contributed by atoms with Gasteiger partial charge in [0.1, 0.15) is 16.5 Å². The maximum absolute atomic E-state index is 13.2. The highest BCUT2D eigenvalue weighted by atomic mass is 32.1. The Hall–Kier alpha value is -3.26. The maximum atomic E-state index is 13.2. The topological polar surface area (TPSA) is 62.5 Å². The van der Waals surface area contributed by atoms with Gasteiger partial charge in [0.15, 0.2) is 4.96 Å². The van der Waals surface area contributed by atoms with Crippen LogP contribution in [-0.4, -0.2) is 33.4 Å². The van der Waals surface area contributed by atoms with Crippen LogP contribution in [0.15, 0.2) is 48.8 Å². The molecule has 0 radical (unpaired) electrons. The van der Waals surface area contributed by atoms with Crippen molar-refractivity contribution < 1.29 is 9.18 Å². The summed E-state index contributed by atoms with van der Waals surface area (Å²) in [7, 11) is 0. The number of imidazole rings is 1. The lowest BCUT2D eigenvalue weighted by atomic mass is 9.99. The molecule has 1 aliphatic heterocycles. The Balaban J connectivity index is 1.31. The summed E-state index contributed by atoms with van der Waals surface area (Å²) in [6, 6.07) is 10.1. The third-order valence-corrected chi connectivity index (χ3v) is 7.17. The predicted octanol–water partition coefficient (Wildman–Crippen LogP) is 5.39. The predicted molar refractivity (Wildman–Crippen MR) is 126 cm³/mol. The third kappa shape index (κ3) is 3.98. The van der Waals surface area contributed by atoms with Gasteiger partial charge in [0.05, 0.1) is 17.6 Å². The zero-order valence-corrected chi connectivity index (χ0v) is 18.8. The highest BCUT2D eigenvalue weighted by Gasteiger charge is 2.20. The smallest absolute Gasteiger partial charge is 0.267 e. The van der Waals surface area contributed by atoms with Crippen LogP contribution in [0, 0.1) is 18.7 Å². The molecule has 0 bridgehead atoms. The SMILES string of the molecule is Cc1c(C(=O)Nc2ccc(N3CCC(C)CC3)nc2)sc2nc(-c3ccc(F)cc3)cn12. The number of benzene rings is 1. The number of hydrogen-bond donors (Lipinski definition) is 1. The number of carbonyl (C=O) groups excluding carboxylic acids is 1. The van der Waals surface area contributed by atoms with E-state index in [4.69, 9.17) is 0 Å². The van der Waals surface area contributed by atoms with Crippen LogP contribution in [0.3, 0.4) is 0 Å². The van der Waals surface area contributed by atoms with E-state index in [1.807, 2.05) is 29.7 Å². The molecule has 164 valence electrons. The van der Waals surface area contributed by atoms with Crippen LogP contribution in [0.2, 0.25) is 0 Å². The molecule has 5 rings (SSSR count). The maximum Gasteiger partial charge on any atom is 0.267 e. The number of hydrogen-bond acceptors (Lipinski definition) is 5. The first-order valence-electron chi connectivity index (χ1n) is 10.7. The van der Waals surface area contributed by atoms with E-state index in [1.165, 1.54) is 36.3 Å². The van der Waals surface area contributed by atoms with E-state index in [-0.39, 0.29) is 11.7 Å². The van der Waals surface area contributed by atoms with Crippen LogP contribution >= 0.6 is 11.3 Å². The summed E-state index contributed by atoms with van der Waals surface area (Å²) in [5.41, 5.74) is 3.07. The minimum Gasteiger partial charge on any atom is -0.357 e. The van der Waals surface area contributed by atoms with Gasteiger partial charge < -0.3 is 10.2 Å². The summed E-state index contributed by atoms with van der Waals surface area (Å²) in [5.74, 6) is 1.27. The van der Waals surface area contributed by atoms with Gasteiger partial charge in [-0.3, -0.25) is 9.20 Å². The van der Waals surface area contributed by atoms with Gasteiger partial charge in [-0.25, -0.2) is 14.4 Å². The zero-order valence-electron chi connectivity index (χ0n) is 18.0. The third-order valence-electron chi connectivity index (χ3n) is 6.02. The van der Waals surface area contributed by atoms with Crippen molar-refractivity contribution in [2.24, 2.45) is 5.92 Å². The first kappa shape index (κ1) is 20.6. The van der Waals surface area contributed by atoms with Crippen LogP contribution in [0.1, 0.15) is 35.1 Å². The van der Waals surface area contributed by atoms with Gasteiger partial charge in [0.25, 0.3) is 5.91 Å². The summed E-state index contributed by atoms with van der Waals surface area (Å²) in [5, 5.41) is 2.95. The summed E-state index contributed by atoms with van der Waals surface area (Å²) < 4.78 is 15.1. The standard InChI is InChI=1S/C24H24FN5OS/c1-15-9-11-29(12-10-15)21-8-7-19(13-26-21)27-23(31)22-16(2)30-14-20(28-24(30)32-22)17-3-5-18(25)6-4-17/h3-8,13-15H,9-12H2,1-2H3,(H,27,31). The number of carbonyl (C=O) groups is 1. The van der Waals surface area contributed by atoms with Crippen molar-refractivity contribution in [1.29, 1.82) is 0 Å². The van der Waals surface area contributed by atoms with Crippen molar-refractivity contribution in [3.05, 3.63) is 65.2 Å². The number of halogens is 1. The Morgan fingerprint density at radius 3 is 2.56 bits per heavy atom. The van der Waals surface area contributed by atoms with Gasteiger partial charge in [-0.1, -0.05) is 18.3 Å². The molecular formula is C24H24FN5OS. The lowest BCUT2D eigenvalue weighted by Gasteiger charge is -2.31. The van der Waals surface area contributed by atoms with Gasteiger partial charge in [0.2, 0.25) is 0 Å². The van der Waals surface area contributed by atoms with Crippen LogP contribution in [0.4, 0.5) is 15.9 Å². The molecule has 0 spiro atoms. The first-order valence-corrected chi connectivity index (χ1v) is 11.6. The molecule has 6 nitrogen and oxygen atoms in total. The number of anilines is 2. The van der Waals surface area contributed by atoms with Gasteiger partial charge in [0, 0.05) is 30.5 Å². The number of nitrogens with one attached hydrogen (secondary N) is 1. The number of piperidine rings is 1. The lowest BCUT2D eigenvalue weighted by molar-refractivity contribution is 0.102. The molecule has 1 amide bonds. The molecular weight excluding hydrogens is 425 g/mol. The number of thiazole rings is 1. The molecule has 0 aliphatic carbocycles. The number of rotatable bonds is 4. The number of pyridine rings is 1. The Kier molecular flexibility index (Phi) is 5.38. The average molecular weight is 450 g/mol. The number of fused-ring (bicyclic) bond motifs is 1. The molecule has 1 saturated heterocycles. The average Bonchev–Trinajstić information content (AvgIpc) is 3.35. The van der Waals surface area contributed by atoms with Gasteiger partial charge in [-0.15, -0.1) is 0 Å². The molecule has 0 atom stereocenters. The molecule has 0 saturated carbocycles. The molecule has 1 N–H and O–H groups in total. The fraction of sp³-hybridized carbons (Fsp3) is 0.292. The van der Waals surface area contributed by atoms with Crippen LogP contribution in [-0.2, 0) is 0 Å². The van der Waals surface area contributed by atoms with Gasteiger partial charge in [-0.2, -0.15) is 0 Å². The van der Waals surface area contributed by atoms with Crippen LogP contribution in [0.25, 0.3) is 16.2 Å². The fourth-order valence-corrected chi connectivity index (χ4v) is 5.00. The monoisotopic (exact) mass is 449 g/mol. The highest BCUT2D eigenvalue weighted by molar-refractivity contribution is 7.19. The molecule has 1 aliphatic rings. The van der Waals surface area contributed by atoms with Crippen molar-refractivity contribution in [1.82, 2.24) is 14.4 Å². The van der Waals surface area contributed by atoms with Crippen molar-refractivity contribution in [3.8, 4) is 11.3 Å². The summed E-state index contributed by atoms with van der Waals surface area (Å²) >= 11 is 1.33. The second-order valence-electron chi connectivity index (χ2n) is 8.33. The molecule has 3 aromatic heterocycles. The zero-order chi connectivity index (χ0) is 22.2. The first-order chi connectivity index (χ1) is 15.5. The molecule has 4 heterocycles. The molecule has 32 heavy (non-hydrogen) atoms. The van der Waals surface area contributed by atoms with Crippen molar-refractivity contribution >= 4 is 33.7 Å². The number of nitrogens with zero attached hydrogens (tertiary/aromatic N) is 4. The summed E-state index contributed by atoms with van der Waals surface area (Å²) in [6.45, 7) is 6.23. The molecule has 1 fully saturated rings. The molecule has 4 aromatic rings. The van der Waals surface area contributed by atoms with E-state index >= 15 is 0 Å². The fourth-order valence-electron chi connectivity index (χ4n) is 3.99. The number of aromatic nitrogens is 3. The quantitative estimate of drug-likeness (QED) is 0.454. The Labute approximate surface area is 189 Å². The minimum absolute atomic E-state index is 0.178. The van der Waals surface area contributed by atoms with Gasteiger partial charge >= 0.3 is 0 Å². The Bertz CT molecular complexity index is 1250. The highest BCUT2D eigenvalue weighted by Crippen LogP contribution is 2.28. The molecule has 0 unspecified atom stereocenters. The largest absolute Gasteiger partial charge is 0.357 e. The molecule has 1 aromatic carbocycles. The van der Waals surface area contributed by atoms with Crippen molar-refractivity contribution in [2.75, 3.05) is 23.3 Å². The van der Waals surface area contributed by atoms with E-state index < -0.39 is 0 Å². The number of aryl methyl sites for hydroxylation is 1. The van der Waals surface area contributed by atoms with E-state index in [0.29, 0.717) is 10.6 Å². The normalized spacial score (nSPS) is 14.8. The van der Waals surface area contributed by atoms with E-state index in [0.717, 1.165) is 46.7 Å². The second kappa shape index (κ2) is 8.35. The van der Waals surface area contributed by atoms with Crippen molar-refractivity contribution in [2.45, 2.75) is 26.7 Å². The van der Waals surface area contributed by atoms with Crippen molar-refractivity contribution in [3.63, 3.8) is 0 Å². The van der Waals surface area contributed by atoms with Crippen LogP contribution in [0.5, 0.6) is 0 Å². The number of amides is 1. The van der Waals surface area contributed by atoms with E-state index in [1.54, 1.807) is 18.3 Å². The Morgan fingerprint density at radius 1 is 1.16 bits per heavy atom. The summed E-state index contributed by atoms with van der Waals surface area (Å²) in [6.07, 6.45) is 5.96. The summed E-state index contributed by atoms with van der Waals surface area (Å²) in [4.78, 5) is 25.7. The Morgan fingerprint density at radius 2 is 1.91 bits per heavy atom. The van der Waals surface area contributed by atoms with E-state index in [2.05, 4.69) is 27.1 Å². The van der Waals surface area contributed by atoms with Crippen LogP contribution < -0.4 is 10.2 Å². The van der Waals surface area contributed by atoms with E-state index in [9.17, 15) is 9.18 Å². The lowest BCUT2D eigenvalue weighted by Crippen LogP contribution is -2.33.